The van der Waals surface area contributed by atoms with Gasteiger partial charge < -0.3 is 11.1 Å². The van der Waals surface area contributed by atoms with Gasteiger partial charge in [0.1, 0.15) is 16.9 Å². The van der Waals surface area contributed by atoms with Crippen molar-refractivity contribution in [1.29, 1.82) is 0 Å². The Hall–Kier alpha value is -1.66. The summed E-state index contributed by atoms with van der Waals surface area (Å²) in [7, 11) is 0. The third-order valence-electron chi connectivity index (χ3n) is 3.31. The Bertz CT molecular complexity index is 629. The van der Waals surface area contributed by atoms with Crippen molar-refractivity contribution < 1.29 is 4.79 Å². The number of primary amides is 1. The van der Waals surface area contributed by atoms with Crippen molar-refractivity contribution in [3.63, 3.8) is 0 Å². The summed E-state index contributed by atoms with van der Waals surface area (Å²) in [4.78, 5) is 20.3. The van der Waals surface area contributed by atoms with Crippen LogP contribution in [0, 0.1) is 0 Å². The van der Waals surface area contributed by atoms with Crippen molar-refractivity contribution in [2.45, 2.75) is 30.8 Å². The van der Waals surface area contributed by atoms with E-state index in [2.05, 4.69) is 22.2 Å². The summed E-state index contributed by atoms with van der Waals surface area (Å²) < 4.78 is 0. The number of aromatic nitrogens is 2. The number of nitrogens with one attached hydrogen (secondary N) is 1. The highest BCUT2D eigenvalue weighted by Gasteiger charge is 2.30. The minimum absolute atomic E-state index is 0.346. The molecule has 0 fully saturated rings. The Morgan fingerprint density at radius 2 is 2.14 bits per heavy atom. The van der Waals surface area contributed by atoms with E-state index in [0.29, 0.717) is 5.75 Å². The first kappa shape index (κ1) is 15.7. The molecule has 0 radical (unpaired) electrons. The van der Waals surface area contributed by atoms with Gasteiger partial charge in [-0.1, -0.05) is 25.1 Å². The van der Waals surface area contributed by atoms with Crippen LogP contribution in [-0.4, -0.2) is 33.7 Å². The predicted molar refractivity (Wildman–Crippen MR) is 86.2 cm³/mol. The molecule has 0 aliphatic rings. The molecule has 0 aliphatic heterocycles. The van der Waals surface area contributed by atoms with Crippen LogP contribution in [0.5, 0.6) is 0 Å². The van der Waals surface area contributed by atoms with Crippen LogP contribution < -0.4 is 11.1 Å². The van der Waals surface area contributed by atoms with Crippen molar-refractivity contribution in [1.82, 2.24) is 15.3 Å². The molecule has 0 spiro atoms. The fourth-order valence-corrected chi connectivity index (χ4v) is 3.04. The first-order valence-corrected chi connectivity index (χ1v) is 7.93. The molecule has 1 aromatic carbocycles. The van der Waals surface area contributed by atoms with Crippen LogP contribution in [0.1, 0.15) is 20.3 Å². The van der Waals surface area contributed by atoms with Gasteiger partial charge in [0, 0.05) is 11.1 Å². The summed E-state index contributed by atoms with van der Waals surface area (Å²) in [5.74, 6) is 0.186. The Balaban J connectivity index is 2.18. The number of nitrogens with two attached hydrogens (primary N) is 1. The second-order valence-electron chi connectivity index (χ2n) is 5.11. The molecule has 0 bridgehead atoms. The van der Waals surface area contributed by atoms with E-state index in [9.17, 15) is 4.79 Å². The number of hydrogen-bond donors (Lipinski definition) is 2. The number of benzene rings is 1. The maximum absolute atomic E-state index is 11.7. The summed E-state index contributed by atoms with van der Waals surface area (Å²) in [5.41, 5.74) is 5.70. The quantitative estimate of drug-likeness (QED) is 0.604. The monoisotopic (exact) mass is 304 g/mol. The van der Waals surface area contributed by atoms with Crippen molar-refractivity contribution in [2.75, 3.05) is 12.3 Å². The first-order chi connectivity index (χ1) is 10.1. The molecule has 3 N–H and O–H groups in total. The summed E-state index contributed by atoms with van der Waals surface area (Å²) in [6.07, 6.45) is 2.50. The third kappa shape index (κ3) is 3.71. The average molecular weight is 304 g/mol. The van der Waals surface area contributed by atoms with Crippen LogP contribution in [0.4, 0.5) is 0 Å². The largest absolute Gasteiger partial charge is 0.368 e. The predicted octanol–water partition coefficient (Wildman–Crippen LogP) is 1.97. The molecular weight excluding hydrogens is 284 g/mol. The molecule has 2 rings (SSSR count). The highest BCUT2D eigenvalue weighted by Crippen LogP contribution is 2.27. The van der Waals surface area contributed by atoms with E-state index in [-0.39, 0.29) is 5.91 Å². The topological polar surface area (TPSA) is 80.9 Å². The van der Waals surface area contributed by atoms with Gasteiger partial charge in [-0.05, 0) is 26.0 Å². The second kappa shape index (κ2) is 6.87. The molecule has 0 saturated carbocycles. The van der Waals surface area contributed by atoms with Crippen molar-refractivity contribution in [2.24, 2.45) is 5.73 Å². The average Bonchev–Trinajstić information content (AvgIpc) is 2.50. The van der Waals surface area contributed by atoms with Gasteiger partial charge in [-0.2, -0.15) is 0 Å². The molecule has 1 unspecified atom stereocenters. The molecule has 1 atom stereocenters. The fourth-order valence-electron chi connectivity index (χ4n) is 1.92. The molecule has 1 amide bonds. The lowest BCUT2D eigenvalue weighted by molar-refractivity contribution is -0.122. The van der Waals surface area contributed by atoms with Crippen LogP contribution in [-0.2, 0) is 4.79 Å². The number of nitrogens with zero attached hydrogens (tertiary/aromatic N) is 2. The maximum Gasteiger partial charge on any atom is 0.238 e. The molecule has 112 valence electrons. The van der Waals surface area contributed by atoms with E-state index in [1.807, 2.05) is 31.2 Å². The SMILES string of the molecule is CCCNC(C)(CSc1ncnc2ccccc12)C(N)=O. The number of amides is 1. The van der Waals surface area contributed by atoms with Crippen molar-refractivity contribution >= 4 is 28.6 Å². The Morgan fingerprint density at radius 3 is 2.86 bits per heavy atom. The highest BCUT2D eigenvalue weighted by molar-refractivity contribution is 7.99. The minimum atomic E-state index is -0.743. The number of fused-ring (bicyclic) bond motifs is 1. The molecule has 1 aromatic heterocycles. The molecular formula is C15H20N4OS. The summed E-state index contributed by atoms with van der Waals surface area (Å²) >= 11 is 1.52. The van der Waals surface area contributed by atoms with Gasteiger partial charge in [0.25, 0.3) is 0 Å². The Labute approximate surface area is 128 Å². The molecule has 5 nitrogen and oxygen atoms in total. The van der Waals surface area contributed by atoms with Gasteiger partial charge in [-0.25, -0.2) is 9.97 Å². The zero-order valence-corrected chi connectivity index (χ0v) is 13.1. The smallest absolute Gasteiger partial charge is 0.238 e. The van der Waals surface area contributed by atoms with E-state index in [1.54, 1.807) is 6.33 Å². The number of para-hydroxylation sites is 1. The fraction of sp³-hybridized carbons (Fsp3) is 0.400. The molecule has 21 heavy (non-hydrogen) atoms. The van der Waals surface area contributed by atoms with E-state index in [4.69, 9.17) is 5.73 Å². The minimum Gasteiger partial charge on any atom is -0.368 e. The van der Waals surface area contributed by atoms with Gasteiger partial charge >= 0.3 is 0 Å². The lowest BCUT2D eigenvalue weighted by atomic mass is 10.1. The van der Waals surface area contributed by atoms with Gasteiger partial charge in [-0.3, -0.25) is 4.79 Å². The van der Waals surface area contributed by atoms with Crippen LogP contribution in [0.15, 0.2) is 35.6 Å². The lowest BCUT2D eigenvalue weighted by Gasteiger charge is -2.27. The van der Waals surface area contributed by atoms with E-state index in [1.165, 1.54) is 11.8 Å². The van der Waals surface area contributed by atoms with Gasteiger partial charge in [-0.15, -0.1) is 11.8 Å². The maximum atomic E-state index is 11.7. The second-order valence-corrected chi connectivity index (χ2v) is 6.07. The molecule has 1 heterocycles. The van der Waals surface area contributed by atoms with Gasteiger partial charge in [0.05, 0.1) is 5.52 Å². The normalized spacial score (nSPS) is 14.0. The first-order valence-electron chi connectivity index (χ1n) is 6.94. The number of thioether (sulfide) groups is 1. The number of carbonyl (C=O) groups is 1. The number of carbonyl (C=O) groups excluding carboxylic acids is 1. The molecule has 0 saturated heterocycles. The summed E-state index contributed by atoms with van der Waals surface area (Å²) in [6, 6.07) is 7.83. The standard InChI is InChI=1S/C15H20N4OS/c1-3-8-19-15(2,14(16)20)9-21-13-11-6-4-5-7-12(11)17-10-18-13/h4-7,10,19H,3,8-9H2,1-2H3,(H2,16,20). The van der Waals surface area contributed by atoms with Crippen molar-refractivity contribution in [3.05, 3.63) is 30.6 Å². The van der Waals surface area contributed by atoms with Gasteiger partial charge in [0.15, 0.2) is 0 Å². The number of hydrogen-bond acceptors (Lipinski definition) is 5. The Morgan fingerprint density at radius 1 is 1.38 bits per heavy atom. The summed E-state index contributed by atoms with van der Waals surface area (Å²) in [6.45, 7) is 4.64. The Kier molecular flexibility index (Phi) is 5.14. The summed E-state index contributed by atoms with van der Waals surface area (Å²) in [5, 5.41) is 5.08. The molecule has 6 heteroatoms. The highest BCUT2D eigenvalue weighted by atomic mass is 32.2. The van der Waals surface area contributed by atoms with Crippen LogP contribution in [0.25, 0.3) is 10.9 Å². The van der Waals surface area contributed by atoms with Crippen LogP contribution in [0.3, 0.4) is 0 Å². The zero-order valence-electron chi connectivity index (χ0n) is 12.3. The van der Waals surface area contributed by atoms with E-state index in [0.717, 1.165) is 28.9 Å². The zero-order chi connectivity index (χ0) is 15.3. The van der Waals surface area contributed by atoms with Gasteiger partial charge in [0.2, 0.25) is 5.91 Å². The van der Waals surface area contributed by atoms with Crippen molar-refractivity contribution in [3.8, 4) is 0 Å². The molecule has 0 aliphatic carbocycles. The van der Waals surface area contributed by atoms with Crippen LogP contribution >= 0.6 is 11.8 Å². The third-order valence-corrected chi connectivity index (χ3v) is 4.63. The van der Waals surface area contributed by atoms with Crippen LogP contribution in [0.2, 0.25) is 0 Å². The van der Waals surface area contributed by atoms with E-state index < -0.39 is 5.54 Å². The number of rotatable bonds is 7. The lowest BCUT2D eigenvalue weighted by Crippen LogP contribution is -2.55. The molecule has 2 aromatic rings. The van der Waals surface area contributed by atoms with E-state index >= 15 is 0 Å².